The fraction of sp³-hybridized carbons (Fsp3) is 0.444. The molecule has 7 nitrogen and oxygen atoms in total. The SMILES string of the molecule is C=CCNC(=O)[C@@H](C)OC(=O)C1CCN(S(=O)(=O)c2ccc(F)cc2)CC1. The van der Waals surface area contributed by atoms with Gasteiger partial charge in [-0.05, 0) is 44.0 Å². The molecule has 1 aromatic rings. The first-order valence-electron chi connectivity index (χ1n) is 8.60. The second-order valence-corrected chi connectivity index (χ2v) is 8.18. The van der Waals surface area contributed by atoms with E-state index in [1.807, 2.05) is 0 Å². The molecule has 148 valence electrons. The number of hydrogen-bond donors (Lipinski definition) is 1. The Labute approximate surface area is 158 Å². The van der Waals surface area contributed by atoms with E-state index in [1.54, 1.807) is 0 Å². The fourth-order valence-electron chi connectivity index (χ4n) is 2.73. The van der Waals surface area contributed by atoms with E-state index in [0.29, 0.717) is 12.8 Å². The van der Waals surface area contributed by atoms with Gasteiger partial charge in [0, 0.05) is 19.6 Å². The summed E-state index contributed by atoms with van der Waals surface area (Å²) in [7, 11) is -3.73. The molecule has 1 fully saturated rings. The Bertz CT molecular complexity index is 786. The Morgan fingerprint density at radius 3 is 2.48 bits per heavy atom. The van der Waals surface area contributed by atoms with Gasteiger partial charge in [0.2, 0.25) is 10.0 Å². The van der Waals surface area contributed by atoms with Crippen LogP contribution in [0.25, 0.3) is 0 Å². The molecule has 1 saturated heterocycles. The van der Waals surface area contributed by atoms with Crippen LogP contribution in [-0.4, -0.2) is 50.3 Å². The van der Waals surface area contributed by atoms with Crippen molar-refractivity contribution in [1.82, 2.24) is 9.62 Å². The Morgan fingerprint density at radius 1 is 1.33 bits per heavy atom. The summed E-state index contributed by atoms with van der Waals surface area (Å²) in [6.45, 7) is 5.54. The van der Waals surface area contributed by atoms with Crippen molar-refractivity contribution in [3.05, 3.63) is 42.7 Å². The summed E-state index contributed by atoms with van der Waals surface area (Å²) >= 11 is 0. The van der Waals surface area contributed by atoms with Gasteiger partial charge in [-0.2, -0.15) is 4.31 Å². The molecule has 0 unspecified atom stereocenters. The molecule has 1 aromatic carbocycles. The standard InChI is InChI=1S/C18H23FN2O5S/c1-3-10-20-17(22)13(2)26-18(23)14-8-11-21(12-9-14)27(24,25)16-6-4-15(19)5-7-16/h3-7,13-14H,1,8-12H2,2H3,(H,20,22)/t13-/m1/s1. The average Bonchev–Trinajstić information content (AvgIpc) is 2.66. The van der Waals surface area contributed by atoms with E-state index in [1.165, 1.54) is 29.4 Å². The maximum Gasteiger partial charge on any atom is 0.309 e. The first-order chi connectivity index (χ1) is 12.8. The molecule has 0 saturated carbocycles. The molecule has 0 spiro atoms. The van der Waals surface area contributed by atoms with Crippen LogP contribution in [0.2, 0.25) is 0 Å². The molecule has 27 heavy (non-hydrogen) atoms. The smallest absolute Gasteiger partial charge is 0.309 e. The predicted octanol–water partition coefficient (Wildman–Crippen LogP) is 1.46. The summed E-state index contributed by atoms with van der Waals surface area (Å²) in [5.41, 5.74) is 0. The number of halogens is 1. The van der Waals surface area contributed by atoms with Crippen molar-refractivity contribution >= 4 is 21.9 Å². The minimum absolute atomic E-state index is 0.0115. The first kappa shape index (κ1) is 21.0. The zero-order valence-corrected chi connectivity index (χ0v) is 15.9. The number of esters is 1. The fourth-order valence-corrected chi connectivity index (χ4v) is 4.20. The third-order valence-corrected chi connectivity index (χ3v) is 6.23. The van der Waals surface area contributed by atoms with Gasteiger partial charge in [0.25, 0.3) is 5.91 Å². The molecule has 1 heterocycles. The van der Waals surface area contributed by atoms with Crippen LogP contribution in [0.3, 0.4) is 0 Å². The van der Waals surface area contributed by atoms with Gasteiger partial charge in [0.15, 0.2) is 6.10 Å². The number of rotatable bonds is 7. The van der Waals surface area contributed by atoms with Gasteiger partial charge in [0.05, 0.1) is 10.8 Å². The van der Waals surface area contributed by atoms with Crippen LogP contribution in [0.5, 0.6) is 0 Å². The van der Waals surface area contributed by atoms with E-state index >= 15 is 0 Å². The molecule has 2 rings (SSSR count). The molecular formula is C18H23FN2O5S. The molecule has 0 bridgehead atoms. The Balaban J connectivity index is 1.90. The van der Waals surface area contributed by atoms with Crippen molar-refractivity contribution in [2.45, 2.75) is 30.8 Å². The van der Waals surface area contributed by atoms with Gasteiger partial charge >= 0.3 is 5.97 Å². The second-order valence-electron chi connectivity index (χ2n) is 6.25. The number of amides is 1. The predicted molar refractivity (Wildman–Crippen MR) is 96.6 cm³/mol. The van der Waals surface area contributed by atoms with Crippen LogP contribution in [-0.2, 0) is 24.3 Å². The molecule has 1 amide bonds. The number of benzene rings is 1. The monoisotopic (exact) mass is 398 g/mol. The summed E-state index contributed by atoms with van der Waals surface area (Å²) in [6, 6.07) is 4.62. The maximum absolute atomic E-state index is 13.0. The maximum atomic E-state index is 13.0. The molecule has 1 N–H and O–H groups in total. The summed E-state index contributed by atoms with van der Waals surface area (Å²) in [5.74, 6) is -1.92. The number of hydrogen-bond acceptors (Lipinski definition) is 5. The number of carbonyl (C=O) groups is 2. The Morgan fingerprint density at radius 2 is 1.93 bits per heavy atom. The summed E-state index contributed by atoms with van der Waals surface area (Å²) in [6.07, 6.45) is 1.17. The van der Waals surface area contributed by atoms with Crippen molar-refractivity contribution in [2.24, 2.45) is 5.92 Å². The van der Waals surface area contributed by atoms with Crippen LogP contribution in [0.1, 0.15) is 19.8 Å². The number of ether oxygens (including phenoxy) is 1. The number of piperidine rings is 1. The molecule has 0 aliphatic carbocycles. The minimum Gasteiger partial charge on any atom is -0.452 e. The molecule has 1 aliphatic rings. The van der Waals surface area contributed by atoms with Crippen LogP contribution in [0, 0.1) is 11.7 Å². The van der Waals surface area contributed by atoms with Gasteiger partial charge in [-0.25, -0.2) is 12.8 Å². The lowest BCUT2D eigenvalue weighted by molar-refractivity contribution is -0.159. The van der Waals surface area contributed by atoms with Crippen molar-refractivity contribution < 1.29 is 27.1 Å². The van der Waals surface area contributed by atoms with Gasteiger partial charge in [0.1, 0.15) is 5.82 Å². The number of sulfonamides is 1. The Hall–Kier alpha value is -2.26. The second kappa shape index (κ2) is 9.09. The molecular weight excluding hydrogens is 375 g/mol. The molecule has 0 radical (unpaired) electrons. The summed E-state index contributed by atoms with van der Waals surface area (Å²) < 4.78 is 44.6. The average molecular weight is 398 g/mol. The van der Waals surface area contributed by atoms with Crippen molar-refractivity contribution in [2.75, 3.05) is 19.6 Å². The van der Waals surface area contributed by atoms with E-state index in [9.17, 15) is 22.4 Å². The van der Waals surface area contributed by atoms with Gasteiger partial charge in [-0.15, -0.1) is 6.58 Å². The molecule has 9 heteroatoms. The van der Waals surface area contributed by atoms with Crippen molar-refractivity contribution in [1.29, 1.82) is 0 Å². The molecule has 1 atom stereocenters. The van der Waals surface area contributed by atoms with Gasteiger partial charge in [-0.3, -0.25) is 9.59 Å². The number of nitrogens with zero attached hydrogens (tertiary/aromatic N) is 1. The van der Waals surface area contributed by atoms with E-state index in [0.717, 1.165) is 12.1 Å². The lowest BCUT2D eigenvalue weighted by atomic mass is 9.98. The highest BCUT2D eigenvalue weighted by molar-refractivity contribution is 7.89. The largest absolute Gasteiger partial charge is 0.452 e. The van der Waals surface area contributed by atoms with E-state index < -0.39 is 39.7 Å². The quantitative estimate of drug-likeness (QED) is 0.555. The third kappa shape index (κ3) is 5.36. The highest BCUT2D eigenvalue weighted by Gasteiger charge is 2.33. The van der Waals surface area contributed by atoms with Gasteiger partial charge in [-0.1, -0.05) is 6.08 Å². The lowest BCUT2D eigenvalue weighted by Crippen LogP contribution is -2.42. The van der Waals surface area contributed by atoms with E-state index in [4.69, 9.17) is 4.74 Å². The summed E-state index contributed by atoms with van der Waals surface area (Å²) in [5, 5.41) is 2.54. The highest BCUT2D eigenvalue weighted by atomic mass is 32.2. The van der Waals surface area contributed by atoms with Crippen LogP contribution >= 0.6 is 0 Å². The highest BCUT2D eigenvalue weighted by Crippen LogP contribution is 2.25. The summed E-state index contributed by atoms with van der Waals surface area (Å²) in [4.78, 5) is 24.0. The van der Waals surface area contributed by atoms with E-state index in [2.05, 4.69) is 11.9 Å². The van der Waals surface area contributed by atoms with Gasteiger partial charge < -0.3 is 10.1 Å². The third-order valence-electron chi connectivity index (χ3n) is 4.32. The zero-order valence-electron chi connectivity index (χ0n) is 15.1. The molecule has 0 aromatic heterocycles. The topological polar surface area (TPSA) is 92.8 Å². The van der Waals surface area contributed by atoms with Crippen molar-refractivity contribution in [3.63, 3.8) is 0 Å². The minimum atomic E-state index is -3.73. The van der Waals surface area contributed by atoms with Crippen molar-refractivity contribution in [3.8, 4) is 0 Å². The van der Waals surface area contributed by atoms with Crippen LogP contribution < -0.4 is 5.32 Å². The number of nitrogens with one attached hydrogen (secondary N) is 1. The molecule has 1 aliphatic heterocycles. The number of carbonyl (C=O) groups excluding carboxylic acids is 2. The van der Waals surface area contributed by atoms with E-state index in [-0.39, 0.29) is 24.5 Å². The Kier molecular flexibility index (Phi) is 7.09. The van der Waals surface area contributed by atoms with Crippen LogP contribution in [0.4, 0.5) is 4.39 Å². The zero-order chi connectivity index (χ0) is 20.0. The van der Waals surface area contributed by atoms with Crippen LogP contribution in [0.15, 0.2) is 41.8 Å². The lowest BCUT2D eigenvalue weighted by Gasteiger charge is -2.30. The first-order valence-corrected chi connectivity index (χ1v) is 10.0. The normalized spacial score (nSPS) is 17.1.